The van der Waals surface area contributed by atoms with Crippen LogP contribution in [-0.2, 0) is 6.54 Å². The number of rotatable bonds is 3. The third-order valence-corrected chi connectivity index (χ3v) is 3.83. The van der Waals surface area contributed by atoms with Gasteiger partial charge in [-0.2, -0.15) is 0 Å². The Morgan fingerprint density at radius 1 is 1.17 bits per heavy atom. The highest BCUT2D eigenvalue weighted by Crippen LogP contribution is 2.20. The van der Waals surface area contributed by atoms with Crippen LogP contribution < -0.4 is 5.32 Å². The Labute approximate surface area is 112 Å². The summed E-state index contributed by atoms with van der Waals surface area (Å²) < 4.78 is 0. The number of aryl methyl sites for hydroxylation is 3. The van der Waals surface area contributed by atoms with Crippen molar-refractivity contribution in [2.45, 2.75) is 27.3 Å². The van der Waals surface area contributed by atoms with Crippen LogP contribution >= 0.6 is 11.3 Å². The lowest BCUT2D eigenvalue weighted by Gasteiger charge is -2.05. The molecule has 1 N–H and O–H groups in total. The number of benzene rings is 1. The average molecular weight is 259 g/mol. The molecule has 0 bridgehead atoms. The fourth-order valence-corrected chi connectivity index (χ4v) is 2.76. The summed E-state index contributed by atoms with van der Waals surface area (Å²) in [6.07, 6.45) is 0. The van der Waals surface area contributed by atoms with Crippen LogP contribution in [0.3, 0.4) is 0 Å². The Bertz CT molecular complexity index is 554. The van der Waals surface area contributed by atoms with Crippen LogP contribution in [0.15, 0.2) is 30.3 Å². The van der Waals surface area contributed by atoms with Gasteiger partial charge in [0, 0.05) is 16.3 Å². The molecular formula is C15H17NOS. The summed E-state index contributed by atoms with van der Waals surface area (Å²) in [6.45, 7) is 6.64. The molecule has 2 nitrogen and oxygen atoms in total. The lowest BCUT2D eigenvalue weighted by Crippen LogP contribution is -2.22. The molecule has 0 saturated heterocycles. The maximum Gasteiger partial charge on any atom is 0.252 e. The Hall–Kier alpha value is -1.61. The smallest absolute Gasteiger partial charge is 0.252 e. The molecule has 3 heteroatoms. The molecule has 18 heavy (non-hydrogen) atoms. The highest BCUT2D eigenvalue weighted by atomic mass is 32.1. The molecule has 0 aliphatic carbocycles. The van der Waals surface area contributed by atoms with E-state index in [1.165, 1.54) is 10.4 Å². The quantitative estimate of drug-likeness (QED) is 0.896. The molecule has 0 fully saturated rings. The fourth-order valence-electron chi connectivity index (χ4n) is 1.84. The van der Waals surface area contributed by atoms with E-state index >= 15 is 0 Å². The summed E-state index contributed by atoms with van der Waals surface area (Å²) in [4.78, 5) is 14.3. The van der Waals surface area contributed by atoms with Gasteiger partial charge in [-0.05, 0) is 32.4 Å². The summed E-state index contributed by atoms with van der Waals surface area (Å²) in [7, 11) is 0. The second-order valence-corrected chi connectivity index (χ2v) is 5.96. The van der Waals surface area contributed by atoms with Gasteiger partial charge in [-0.3, -0.25) is 4.79 Å². The topological polar surface area (TPSA) is 29.1 Å². The predicted octanol–water partition coefficient (Wildman–Crippen LogP) is 3.60. The van der Waals surface area contributed by atoms with E-state index in [-0.39, 0.29) is 5.91 Å². The molecule has 1 aromatic heterocycles. The summed E-state index contributed by atoms with van der Waals surface area (Å²) in [5.74, 6) is 0.0115. The summed E-state index contributed by atoms with van der Waals surface area (Å²) in [6, 6.07) is 10.1. The van der Waals surface area contributed by atoms with Crippen LogP contribution in [0.2, 0.25) is 0 Å². The molecule has 0 spiro atoms. The molecule has 0 radical (unpaired) electrons. The lowest BCUT2D eigenvalue weighted by molar-refractivity contribution is 0.0951. The van der Waals surface area contributed by atoms with Crippen molar-refractivity contribution in [3.8, 4) is 0 Å². The molecule has 1 heterocycles. The van der Waals surface area contributed by atoms with Gasteiger partial charge in [0.25, 0.3) is 5.91 Å². The van der Waals surface area contributed by atoms with Crippen molar-refractivity contribution in [1.82, 2.24) is 5.32 Å². The Kier molecular flexibility index (Phi) is 3.82. The van der Waals surface area contributed by atoms with Crippen molar-refractivity contribution in [3.05, 3.63) is 56.8 Å². The van der Waals surface area contributed by atoms with Crippen LogP contribution in [-0.4, -0.2) is 5.91 Å². The molecule has 2 aromatic rings. The van der Waals surface area contributed by atoms with Crippen LogP contribution in [0.1, 0.15) is 31.2 Å². The minimum Gasteiger partial charge on any atom is -0.348 e. The monoisotopic (exact) mass is 259 g/mol. The second-order valence-electron chi connectivity index (χ2n) is 4.50. The van der Waals surface area contributed by atoms with Crippen molar-refractivity contribution in [3.63, 3.8) is 0 Å². The Balaban J connectivity index is 2.00. The van der Waals surface area contributed by atoms with E-state index in [0.29, 0.717) is 6.54 Å². The van der Waals surface area contributed by atoms with Crippen molar-refractivity contribution in [2.24, 2.45) is 0 Å². The van der Waals surface area contributed by atoms with Crippen LogP contribution in [0.25, 0.3) is 0 Å². The molecule has 94 valence electrons. The summed E-state index contributed by atoms with van der Waals surface area (Å²) in [5.41, 5.74) is 3.15. The van der Waals surface area contributed by atoms with E-state index in [1.54, 1.807) is 11.3 Å². The minimum absolute atomic E-state index is 0.0115. The lowest BCUT2D eigenvalue weighted by atomic mass is 10.1. The van der Waals surface area contributed by atoms with E-state index in [9.17, 15) is 4.79 Å². The van der Waals surface area contributed by atoms with Gasteiger partial charge in [0.2, 0.25) is 0 Å². The number of hydrogen-bond acceptors (Lipinski definition) is 2. The van der Waals surface area contributed by atoms with Gasteiger partial charge in [0.05, 0.1) is 5.56 Å². The van der Waals surface area contributed by atoms with E-state index in [1.807, 2.05) is 32.0 Å². The van der Waals surface area contributed by atoms with Crippen molar-refractivity contribution >= 4 is 17.2 Å². The molecule has 0 aliphatic heterocycles. The normalized spacial score (nSPS) is 10.4. The average Bonchev–Trinajstić information content (AvgIpc) is 2.67. The third kappa shape index (κ3) is 2.99. The molecule has 0 unspecified atom stereocenters. The first kappa shape index (κ1) is 12.8. The van der Waals surface area contributed by atoms with Gasteiger partial charge in [-0.15, -0.1) is 11.3 Å². The molecule has 1 aromatic carbocycles. The number of thiophene rings is 1. The number of carbonyl (C=O) groups is 1. The van der Waals surface area contributed by atoms with Crippen molar-refractivity contribution < 1.29 is 4.79 Å². The fraction of sp³-hybridized carbons (Fsp3) is 0.267. The van der Waals surface area contributed by atoms with Gasteiger partial charge < -0.3 is 5.32 Å². The van der Waals surface area contributed by atoms with Crippen LogP contribution in [0.5, 0.6) is 0 Å². The zero-order chi connectivity index (χ0) is 13.1. The largest absolute Gasteiger partial charge is 0.348 e. The van der Waals surface area contributed by atoms with Gasteiger partial charge in [-0.25, -0.2) is 0 Å². The first-order chi connectivity index (χ1) is 8.56. The Morgan fingerprint density at radius 3 is 2.39 bits per heavy atom. The first-order valence-corrected chi connectivity index (χ1v) is 6.78. The summed E-state index contributed by atoms with van der Waals surface area (Å²) >= 11 is 1.66. The van der Waals surface area contributed by atoms with Crippen LogP contribution in [0.4, 0.5) is 0 Å². The molecule has 1 amide bonds. The van der Waals surface area contributed by atoms with Crippen molar-refractivity contribution in [1.29, 1.82) is 0 Å². The maximum atomic E-state index is 12.0. The Morgan fingerprint density at radius 2 is 1.83 bits per heavy atom. The zero-order valence-electron chi connectivity index (χ0n) is 10.9. The highest BCUT2D eigenvalue weighted by Gasteiger charge is 2.11. The highest BCUT2D eigenvalue weighted by molar-refractivity contribution is 7.12. The van der Waals surface area contributed by atoms with Gasteiger partial charge in [0.15, 0.2) is 0 Å². The summed E-state index contributed by atoms with van der Waals surface area (Å²) in [5, 5.41) is 2.96. The maximum absolute atomic E-state index is 12.0. The van der Waals surface area contributed by atoms with Gasteiger partial charge in [-0.1, -0.05) is 29.8 Å². The van der Waals surface area contributed by atoms with E-state index in [2.05, 4.69) is 24.4 Å². The molecule has 0 atom stereocenters. The van der Waals surface area contributed by atoms with Crippen LogP contribution in [0, 0.1) is 20.8 Å². The first-order valence-electron chi connectivity index (χ1n) is 5.97. The molecule has 0 aliphatic rings. The number of carbonyl (C=O) groups excluding carboxylic acids is 1. The van der Waals surface area contributed by atoms with E-state index < -0.39 is 0 Å². The number of hydrogen-bond donors (Lipinski definition) is 1. The predicted molar refractivity (Wildman–Crippen MR) is 76.1 cm³/mol. The van der Waals surface area contributed by atoms with Gasteiger partial charge >= 0.3 is 0 Å². The third-order valence-electron chi connectivity index (χ3n) is 2.86. The molecular weight excluding hydrogens is 242 g/mol. The molecule has 0 saturated carbocycles. The zero-order valence-corrected chi connectivity index (χ0v) is 11.7. The van der Waals surface area contributed by atoms with E-state index in [4.69, 9.17) is 0 Å². The minimum atomic E-state index is 0.0115. The SMILES string of the molecule is Cc1ccc(CNC(=O)c2cc(C)sc2C)cc1. The number of amides is 1. The molecule has 2 rings (SSSR count). The van der Waals surface area contributed by atoms with Gasteiger partial charge in [0.1, 0.15) is 0 Å². The second kappa shape index (κ2) is 5.36. The van der Waals surface area contributed by atoms with E-state index in [0.717, 1.165) is 16.0 Å². The number of nitrogens with one attached hydrogen (secondary N) is 1. The standard InChI is InChI=1S/C15H17NOS/c1-10-4-6-13(7-5-10)9-16-15(17)14-8-11(2)18-12(14)3/h4-8H,9H2,1-3H3,(H,16,17). The van der Waals surface area contributed by atoms with Crippen molar-refractivity contribution in [2.75, 3.05) is 0 Å².